The molecule has 122 valence electrons. The fourth-order valence-electron chi connectivity index (χ4n) is 2.94. The number of aliphatic hydroxyl groups excluding tert-OH is 1. The summed E-state index contributed by atoms with van der Waals surface area (Å²) >= 11 is 1.61. The quantitative estimate of drug-likeness (QED) is 0.933. The van der Waals surface area contributed by atoms with Gasteiger partial charge in [-0.25, -0.2) is 4.98 Å². The van der Waals surface area contributed by atoms with Crippen LogP contribution in [0.1, 0.15) is 21.8 Å². The third kappa shape index (κ3) is 3.44. The number of benzene rings is 1. The van der Waals surface area contributed by atoms with Crippen molar-refractivity contribution in [3.63, 3.8) is 0 Å². The Kier molecular flexibility index (Phi) is 4.75. The maximum absolute atomic E-state index is 12.7. The van der Waals surface area contributed by atoms with Crippen molar-refractivity contribution in [2.45, 2.75) is 25.5 Å². The molecule has 0 unspecified atom stereocenters. The minimum absolute atomic E-state index is 0.0652. The van der Waals surface area contributed by atoms with Gasteiger partial charge >= 0.3 is 0 Å². The van der Waals surface area contributed by atoms with Crippen LogP contribution in [0, 0.1) is 6.92 Å². The lowest BCUT2D eigenvalue weighted by Crippen LogP contribution is -2.38. The van der Waals surface area contributed by atoms with Gasteiger partial charge in [-0.15, -0.1) is 11.3 Å². The first-order valence-electron chi connectivity index (χ1n) is 7.59. The van der Waals surface area contributed by atoms with E-state index in [0.717, 1.165) is 16.3 Å². The predicted octanol–water partition coefficient (Wildman–Crippen LogP) is 2.34. The zero-order valence-electron chi connectivity index (χ0n) is 13.2. The summed E-state index contributed by atoms with van der Waals surface area (Å²) in [5.74, 6) is -0.0652. The average Bonchev–Trinajstić information content (AvgIpc) is 3.13. The zero-order valence-corrected chi connectivity index (χ0v) is 14.0. The molecule has 0 radical (unpaired) electrons. The Morgan fingerprint density at radius 3 is 2.78 bits per heavy atom. The predicted molar refractivity (Wildman–Crippen MR) is 89.6 cm³/mol. The molecule has 1 aromatic heterocycles. The van der Waals surface area contributed by atoms with Crippen LogP contribution in [0.3, 0.4) is 0 Å². The van der Waals surface area contributed by atoms with E-state index in [-0.39, 0.29) is 11.9 Å². The van der Waals surface area contributed by atoms with Crippen molar-refractivity contribution in [3.05, 3.63) is 40.2 Å². The van der Waals surface area contributed by atoms with Crippen molar-refractivity contribution >= 4 is 17.2 Å². The van der Waals surface area contributed by atoms with Crippen LogP contribution in [0.15, 0.2) is 29.6 Å². The number of thiazole rings is 1. The number of rotatable bonds is 4. The van der Waals surface area contributed by atoms with E-state index in [1.807, 2.05) is 36.6 Å². The molecule has 1 amide bonds. The van der Waals surface area contributed by atoms with Gasteiger partial charge < -0.3 is 14.7 Å². The molecule has 1 aliphatic rings. The molecule has 0 spiro atoms. The number of aromatic nitrogens is 1. The van der Waals surface area contributed by atoms with Crippen molar-refractivity contribution in [3.8, 4) is 11.3 Å². The fraction of sp³-hybridized carbons (Fsp3) is 0.412. The van der Waals surface area contributed by atoms with Gasteiger partial charge in [0.15, 0.2) is 0 Å². The molecule has 2 heterocycles. The van der Waals surface area contributed by atoms with Crippen LogP contribution >= 0.6 is 11.3 Å². The third-order valence-corrected chi connectivity index (χ3v) is 4.83. The van der Waals surface area contributed by atoms with E-state index in [9.17, 15) is 9.90 Å². The summed E-state index contributed by atoms with van der Waals surface area (Å²) < 4.78 is 5.16. The number of hydrogen-bond acceptors (Lipinski definition) is 5. The van der Waals surface area contributed by atoms with E-state index >= 15 is 0 Å². The number of amides is 1. The number of methoxy groups -OCH3 is 1. The summed E-state index contributed by atoms with van der Waals surface area (Å²) in [4.78, 5) is 18.8. The SMILES string of the molecule is COC[C@@H]1C[C@@H](O)CN1C(=O)c1ccc(-c2csc(C)n2)cc1. The van der Waals surface area contributed by atoms with Crippen LogP contribution in [-0.4, -0.2) is 53.3 Å². The van der Waals surface area contributed by atoms with E-state index < -0.39 is 6.10 Å². The second-order valence-corrected chi connectivity index (χ2v) is 6.85. The number of nitrogens with zero attached hydrogens (tertiary/aromatic N) is 2. The molecule has 2 atom stereocenters. The number of carbonyl (C=O) groups excluding carboxylic acids is 1. The lowest BCUT2D eigenvalue weighted by molar-refractivity contribution is 0.0622. The number of likely N-dealkylation sites (tertiary alicyclic amines) is 1. The molecule has 6 heteroatoms. The highest BCUT2D eigenvalue weighted by atomic mass is 32.1. The molecular formula is C17H20N2O3S. The monoisotopic (exact) mass is 332 g/mol. The molecule has 5 nitrogen and oxygen atoms in total. The van der Waals surface area contributed by atoms with Gasteiger partial charge in [-0.3, -0.25) is 4.79 Å². The smallest absolute Gasteiger partial charge is 0.254 e. The van der Waals surface area contributed by atoms with Gasteiger partial charge in [0, 0.05) is 30.2 Å². The van der Waals surface area contributed by atoms with Crippen molar-refractivity contribution in [2.75, 3.05) is 20.3 Å². The molecular weight excluding hydrogens is 312 g/mol. The highest BCUT2D eigenvalue weighted by Gasteiger charge is 2.34. The number of aliphatic hydroxyl groups is 1. The van der Waals surface area contributed by atoms with Gasteiger partial charge in [0.2, 0.25) is 0 Å². The fourth-order valence-corrected chi connectivity index (χ4v) is 3.56. The summed E-state index contributed by atoms with van der Waals surface area (Å²) in [6.07, 6.45) is 0.0896. The highest BCUT2D eigenvalue weighted by Crippen LogP contribution is 2.24. The van der Waals surface area contributed by atoms with Crippen LogP contribution in [-0.2, 0) is 4.74 Å². The van der Waals surface area contributed by atoms with Crippen LogP contribution in [0.2, 0.25) is 0 Å². The van der Waals surface area contributed by atoms with E-state index in [1.165, 1.54) is 0 Å². The van der Waals surface area contributed by atoms with Crippen LogP contribution in [0.25, 0.3) is 11.3 Å². The Labute approximate surface area is 139 Å². The summed E-state index contributed by atoms with van der Waals surface area (Å²) in [6.45, 7) is 2.78. The second-order valence-electron chi connectivity index (χ2n) is 5.79. The molecule has 0 saturated carbocycles. The maximum atomic E-state index is 12.7. The lowest BCUT2D eigenvalue weighted by Gasteiger charge is -2.23. The first kappa shape index (κ1) is 16.1. The Bertz CT molecular complexity index is 683. The summed E-state index contributed by atoms with van der Waals surface area (Å²) in [5.41, 5.74) is 2.55. The Balaban J connectivity index is 1.77. The van der Waals surface area contributed by atoms with E-state index in [2.05, 4.69) is 4.98 Å². The summed E-state index contributed by atoms with van der Waals surface area (Å²) in [5, 5.41) is 12.9. The number of carbonyl (C=O) groups is 1. The molecule has 1 fully saturated rings. The third-order valence-electron chi connectivity index (χ3n) is 4.06. The summed E-state index contributed by atoms with van der Waals surface area (Å²) in [7, 11) is 1.61. The van der Waals surface area contributed by atoms with Gasteiger partial charge in [0.05, 0.1) is 29.5 Å². The average molecular weight is 332 g/mol. The van der Waals surface area contributed by atoms with Gasteiger partial charge in [-0.05, 0) is 25.5 Å². The molecule has 0 aliphatic carbocycles. The normalized spacial score (nSPS) is 20.9. The molecule has 2 aromatic rings. The second kappa shape index (κ2) is 6.78. The lowest BCUT2D eigenvalue weighted by atomic mass is 10.1. The van der Waals surface area contributed by atoms with Crippen molar-refractivity contribution in [1.82, 2.24) is 9.88 Å². The van der Waals surface area contributed by atoms with Gasteiger partial charge in [-0.2, -0.15) is 0 Å². The van der Waals surface area contributed by atoms with Crippen molar-refractivity contribution in [1.29, 1.82) is 0 Å². The Morgan fingerprint density at radius 1 is 1.43 bits per heavy atom. The highest BCUT2D eigenvalue weighted by molar-refractivity contribution is 7.09. The Hall–Kier alpha value is -1.76. The van der Waals surface area contributed by atoms with E-state index in [4.69, 9.17) is 4.74 Å². The largest absolute Gasteiger partial charge is 0.391 e. The zero-order chi connectivity index (χ0) is 16.4. The minimum atomic E-state index is -0.476. The molecule has 1 aliphatic heterocycles. The molecule has 23 heavy (non-hydrogen) atoms. The summed E-state index contributed by atoms with van der Waals surface area (Å²) in [6, 6.07) is 7.41. The number of β-amino-alcohol motifs (C(OH)–C–C–N with tert-alkyl or cyclic N) is 1. The number of aryl methyl sites for hydroxylation is 1. The van der Waals surface area contributed by atoms with Crippen LogP contribution in [0.4, 0.5) is 0 Å². The molecule has 1 aromatic carbocycles. The van der Waals surface area contributed by atoms with E-state index in [1.54, 1.807) is 23.3 Å². The first-order valence-corrected chi connectivity index (χ1v) is 8.47. The van der Waals surface area contributed by atoms with Crippen LogP contribution in [0.5, 0.6) is 0 Å². The van der Waals surface area contributed by atoms with Crippen molar-refractivity contribution in [2.24, 2.45) is 0 Å². The number of ether oxygens (including phenoxy) is 1. The molecule has 3 rings (SSSR count). The standard InChI is InChI=1S/C17H20N2O3S/c1-11-18-16(10-23-11)12-3-5-13(6-4-12)17(21)19-8-15(20)7-14(19)9-22-2/h3-6,10,14-15,20H,7-9H2,1-2H3/t14-,15+/m0/s1. The number of hydrogen-bond donors (Lipinski definition) is 1. The maximum Gasteiger partial charge on any atom is 0.254 e. The van der Waals surface area contributed by atoms with Gasteiger partial charge in [0.25, 0.3) is 5.91 Å². The van der Waals surface area contributed by atoms with E-state index in [0.29, 0.717) is 25.1 Å². The Morgan fingerprint density at radius 2 is 2.17 bits per heavy atom. The first-order chi connectivity index (χ1) is 11.1. The minimum Gasteiger partial charge on any atom is -0.391 e. The topological polar surface area (TPSA) is 62.7 Å². The van der Waals surface area contributed by atoms with Crippen molar-refractivity contribution < 1.29 is 14.6 Å². The van der Waals surface area contributed by atoms with Crippen LogP contribution < -0.4 is 0 Å². The van der Waals surface area contributed by atoms with Gasteiger partial charge in [-0.1, -0.05) is 12.1 Å². The molecule has 1 saturated heterocycles. The molecule has 1 N–H and O–H groups in total. The molecule has 0 bridgehead atoms. The van der Waals surface area contributed by atoms with Gasteiger partial charge in [0.1, 0.15) is 0 Å².